The van der Waals surface area contributed by atoms with Gasteiger partial charge in [0.05, 0.1) is 0 Å². The number of rotatable bonds is 4. The Morgan fingerprint density at radius 2 is 2.20 bits per heavy atom. The number of carboxylic acid groups (broad SMARTS) is 1. The average molecular weight is 296 g/mol. The lowest BCUT2D eigenvalue weighted by atomic mass is 10.2. The van der Waals surface area contributed by atoms with E-state index in [1.807, 2.05) is 0 Å². The second-order valence-electron chi connectivity index (χ2n) is 4.50. The first-order valence-electron chi connectivity index (χ1n) is 6.35. The van der Waals surface area contributed by atoms with E-state index in [0.29, 0.717) is 12.3 Å². The molecule has 1 aromatic rings. The predicted octanol–water partition coefficient (Wildman–Crippen LogP) is 0.267. The normalized spacial score (nSPS) is 18.8. The summed E-state index contributed by atoms with van der Waals surface area (Å²) in [6.45, 7) is 0.721. The Bertz CT molecular complexity index is 557. The number of hydrogen-bond acceptors (Lipinski definition) is 4. The molecule has 0 radical (unpaired) electrons. The quantitative estimate of drug-likeness (QED) is 0.862. The third-order valence-corrected chi connectivity index (χ3v) is 4.22. The summed E-state index contributed by atoms with van der Waals surface area (Å²) in [5.74, 6) is -0.0106. The van der Waals surface area contributed by atoms with E-state index in [1.54, 1.807) is 18.3 Å². The summed E-state index contributed by atoms with van der Waals surface area (Å²) >= 11 is 1.54. The van der Waals surface area contributed by atoms with Crippen LogP contribution < -0.4 is 5.56 Å². The molecule has 1 aliphatic heterocycles. The predicted molar refractivity (Wildman–Crippen MR) is 75.8 cm³/mol. The molecule has 0 aliphatic carbocycles. The van der Waals surface area contributed by atoms with E-state index in [1.165, 1.54) is 27.3 Å². The van der Waals surface area contributed by atoms with Crippen molar-refractivity contribution in [3.63, 3.8) is 0 Å². The summed E-state index contributed by atoms with van der Waals surface area (Å²) in [6.07, 6.45) is 1.76. The van der Waals surface area contributed by atoms with Gasteiger partial charge in [0.1, 0.15) is 6.04 Å². The minimum Gasteiger partial charge on any atom is -0.480 e. The van der Waals surface area contributed by atoms with E-state index in [2.05, 4.69) is 0 Å². The molecule has 6 nitrogen and oxygen atoms in total. The van der Waals surface area contributed by atoms with Crippen LogP contribution in [-0.2, 0) is 16.1 Å². The van der Waals surface area contributed by atoms with Crippen LogP contribution in [0.25, 0.3) is 0 Å². The smallest absolute Gasteiger partial charge is 0.327 e. The van der Waals surface area contributed by atoms with Crippen molar-refractivity contribution in [1.82, 2.24) is 9.47 Å². The number of nitrogens with zero attached hydrogens (tertiary/aromatic N) is 2. The molecule has 1 aromatic heterocycles. The first kappa shape index (κ1) is 14.6. The van der Waals surface area contributed by atoms with Gasteiger partial charge in [-0.15, -0.1) is 0 Å². The first-order valence-corrected chi connectivity index (χ1v) is 7.50. The Hall–Kier alpha value is -1.76. The van der Waals surface area contributed by atoms with Crippen LogP contribution in [0.5, 0.6) is 0 Å². The fourth-order valence-electron chi connectivity index (χ4n) is 2.11. The van der Waals surface area contributed by atoms with Gasteiger partial charge in [0.15, 0.2) is 0 Å². The fourth-order valence-corrected chi connectivity index (χ4v) is 3.15. The fraction of sp³-hybridized carbons (Fsp3) is 0.462. The minimum atomic E-state index is -0.970. The minimum absolute atomic E-state index is 0.137. The zero-order chi connectivity index (χ0) is 14.5. The lowest BCUT2D eigenvalue weighted by molar-refractivity contribution is -0.149. The third-order valence-electron chi connectivity index (χ3n) is 3.20. The van der Waals surface area contributed by atoms with Crippen LogP contribution in [0.3, 0.4) is 0 Å². The second-order valence-corrected chi connectivity index (χ2v) is 5.65. The molecule has 1 N–H and O–H groups in total. The number of pyridine rings is 1. The molecule has 1 atom stereocenters. The highest BCUT2D eigenvalue weighted by Crippen LogP contribution is 2.17. The molecular weight excluding hydrogens is 280 g/mol. The first-order chi connectivity index (χ1) is 9.59. The summed E-state index contributed by atoms with van der Waals surface area (Å²) in [5, 5.41) is 9.12. The number of amides is 1. The summed E-state index contributed by atoms with van der Waals surface area (Å²) in [5.41, 5.74) is -0.163. The average Bonchev–Trinajstić information content (AvgIpc) is 2.46. The van der Waals surface area contributed by atoms with Crippen LogP contribution in [-0.4, -0.2) is 50.5 Å². The number of aromatic nitrogens is 1. The molecule has 0 bridgehead atoms. The van der Waals surface area contributed by atoms with Gasteiger partial charge in [-0.25, -0.2) is 4.79 Å². The highest BCUT2D eigenvalue weighted by atomic mass is 32.2. The molecule has 1 amide bonds. The molecule has 0 aromatic carbocycles. The van der Waals surface area contributed by atoms with E-state index < -0.39 is 12.0 Å². The molecule has 1 saturated heterocycles. The number of thioether (sulfide) groups is 1. The van der Waals surface area contributed by atoms with Gasteiger partial charge < -0.3 is 14.6 Å². The number of hydrogen-bond donors (Lipinski definition) is 1. The van der Waals surface area contributed by atoms with Gasteiger partial charge in [-0.3, -0.25) is 9.59 Å². The molecular formula is C13H16N2O4S. The van der Waals surface area contributed by atoms with E-state index in [4.69, 9.17) is 5.11 Å². The maximum atomic E-state index is 12.1. The standard InChI is InChI=1S/C13H16N2O4S/c16-11-3-1-2-5-14(11)6-4-12(17)15-7-8-20-9-10(15)13(18)19/h1-3,5,10H,4,6-9H2,(H,18,19). The van der Waals surface area contributed by atoms with Crippen molar-refractivity contribution in [3.05, 3.63) is 34.7 Å². The summed E-state index contributed by atoms with van der Waals surface area (Å²) in [6, 6.07) is 4.04. The monoisotopic (exact) mass is 296 g/mol. The SMILES string of the molecule is O=C(O)C1CSCCN1C(=O)CCn1ccccc1=O. The molecule has 0 saturated carbocycles. The van der Waals surface area contributed by atoms with E-state index in [-0.39, 0.29) is 24.4 Å². The third kappa shape index (κ3) is 3.41. The molecule has 1 aliphatic rings. The molecule has 7 heteroatoms. The van der Waals surface area contributed by atoms with Crippen molar-refractivity contribution in [2.45, 2.75) is 19.0 Å². The summed E-state index contributed by atoms with van der Waals surface area (Å²) in [4.78, 5) is 36.2. The molecule has 108 valence electrons. The Kier molecular flexibility index (Phi) is 4.84. The van der Waals surface area contributed by atoms with Crippen LogP contribution >= 0.6 is 11.8 Å². The maximum Gasteiger partial charge on any atom is 0.327 e. The van der Waals surface area contributed by atoms with Crippen LogP contribution in [0.4, 0.5) is 0 Å². The topological polar surface area (TPSA) is 79.6 Å². The van der Waals surface area contributed by atoms with Gasteiger partial charge in [0, 0.05) is 43.3 Å². The van der Waals surface area contributed by atoms with Crippen molar-refractivity contribution in [1.29, 1.82) is 0 Å². The second kappa shape index (κ2) is 6.60. The molecule has 2 rings (SSSR count). The van der Waals surface area contributed by atoms with Crippen LogP contribution in [0.2, 0.25) is 0 Å². The largest absolute Gasteiger partial charge is 0.480 e. The highest BCUT2D eigenvalue weighted by Gasteiger charge is 2.31. The summed E-state index contributed by atoms with van der Waals surface area (Å²) in [7, 11) is 0. The molecule has 1 unspecified atom stereocenters. The van der Waals surface area contributed by atoms with Gasteiger partial charge in [-0.1, -0.05) is 6.07 Å². The van der Waals surface area contributed by atoms with Crippen molar-refractivity contribution >= 4 is 23.6 Å². The maximum absolute atomic E-state index is 12.1. The summed E-state index contributed by atoms with van der Waals surface area (Å²) < 4.78 is 1.45. The molecule has 20 heavy (non-hydrogen) atoms. The Morgan fingerprint density at radius 3 is 2.90 bits per heavy atom. The Balaban J connectivity index is 1.99. The van der Waals surface area contributed by atoms with Crippen molar-refractivity contribution in [3.8, 4) is 0 Å². The highest BCUT2D eigenvalue weighted by molar-refractivity contribution is 7.99. The lowest BCUT2D eigenvalue weighted by Crippen LogP contribution is -2.50. The number of carbonyl (C=O) groups is 2. The van der Waals surface area contributed by atoms with Crippen LogP contribution in [0, 0.1) is 0 Å². The van der Waals surface area contributed by atoms with E-state index >= 15 is 0 Å². The van der Waals surface area contributed by atoms with Gasteiger partial charge >= 0.3 is 5.97 Å². The van der Waals surface area contributed by atoms with Crippen molar-refractivity contribution in [2.75, 3.05) is 18.1 Å². The molecule has 0 spiro atoms. The van der Waals surface area contributed by atoms with E-state index in [9.17, 15) is 14.4 Å². The van der Waals surface area contributed by atoms with Crippen LogP contribution in [0.1, 0.15) is 6.42 Å². The van der Waals surface area contributed by atoms with Crippen molar-refractivity contribution in [2.24, 2.45) is 0 Å². The van der Waals surface area contributed by atoms with E-state index in [0.717, 1.165) is 5.75 Å². The van der Waals surface area contributed by atoms with Gasteiger partial charge in [-0.2, -0.15) is 11.8 Å². The van der Waals surface area contributed by atoms with Crippen LogP contribution in [0.15, 0.2) is 29.2 Å². The number of aliphatic carboxylic acids is 1. The Labute approximate surface area is 120 Å². The Morgan fingerprint density at radius 1 is 1.40 bits per heavy atom. The lowest BCUT2D eigenvalue weighted by Gasteiger charge is -2.32. The molecule has 1 fully saturated rings. The zero-order valence-electron chi connectivity index (χ0n) is 10.9. The number of aryl methyl sites for hydroxylation is 1. The van der Waals surface area contributed by atoms with Crippen molar-refractivity contribution < 1.29 is 14.7 Å². The van der Waals surface area contributed by atoms with Gasteiger partial charge in [0.2, 0.25) is 5.91 Å². The molecule has 2 heterocycles. The number of carbonyl (C=O) groups excluding carboxylic acids is 1. The van der Waals surface area contributed by atoms with Gasteiger partial charge in [0.25, 0.3) is 5.56 Å². The number of carboxylic acids is 1. The van der Waals surface area contributed by atoms with Gasteiger partial charge in [-0.05, 0) is 6.07 Å². The zero-order valence-corrected chi connectivity index (χ0v) is 11.7.